The molecular formula is C7H15NO. The van der Waals surface area contributed by atoms with E-state index in [1.165, 1.54) is 0 Å². The van der Waals surface area contributed by atoms with E-state index < -0.39 is 0 Å². The summed E-state index contributed by atoms with van der Waals surface area (Å²) in [5, 5.41) is 3.35. The Bertz CT molecular complexity index is 101. The molecule has 1 saturated heterocycles. The molecule has 0 radical (unpaired) electrons. The highest BCUT2D eigenvalue weighted by Gasteiger charge is 2.28. The third kappa shape index (κ3) is 1.43. The van der Waals surface area contributed by atoms with E-state index in [9.17, 15) is 0 Å². The molecule has 1 heterocycles. The lowest BCUT2D eigenvalue weighted by Crippen LogP contribution is -2.52. The van der Waals surface area contributed by atoms with Crippen molar-refractivity contribution in [2.24, 2.45) is 0 Å². The van der Waals surface area contributed by atoms with Crippen molar-refractivity contribution >= 4 is 0 Å². The van der Waals surface area contributed by atoms with Crippen molar-refractivity contribution in [3.05, 3.63) is 0 Å². The first kappa shape index (κ1) is 7.03. The van der Waals surface area contributed by atoms with Gasteiger partial charge >= 0.3 is 0 Å². The van der Waals surface area contributed by atoms with E-state index in [0.29, 0.717) is 6.04 Å². The number of rotatable bonds is 0. The maximum atomic E-state index is 5.52. The van der Waals surface area contributed by atoms with E-state index in [0.717, 1.165) is 13.2 Å². The summed E-state index contributed by atoms with van der Waals surface area (Å²) in [6.07, 6.45) is 0. The molecule has 0 bridgehead atoms. The standard InChI is InChI=1S/C7H15NO/c1-6-7(2,3)9-5-4-8-6/h6,8H,4-5H2,1-3H3. The van der Waals surface area contributed by atoms with Gasteiger partial charge in [0.15, 0.2) is 0 Å². The van der Waals surface area contributed by atoms with Crippen molar-refractivity contribution in [3.8, 4) is 0 Å². The van der Waals surface area contributed by atoms with Crippen LogP contribution in [0.3, 0.4) is 0 Å². The van der Waals surface area contributed by atoms with Crippen molar-refractivity contribution in [1.29, 1.82) is 0 Å². The molecule has 1 aliphatic heterocycles. The molecule has 0 amide bonds. The van der Waals surface area contributed by atoms with Crippen LogP contribution in [-0.4, -0.2) is 24.8 Å². The molecule has 1 atom stereocenters. The molecule has 2 heteroatoms. The van der Waals surface area contributed by atoms with E-state index in [2.05, 4.69) is 26.1 Å². The van der Waals surface area contributed by atoms with Crippen LogP contribution in [0.2, 0.25) is 0 Å². The molecule has 1 aliphatic rings. The van der Waals surface area contributed by atoms with Crippen molar-refractivity contribution in [2.75, 3.05) is 13.2 Å². The van der Waals surface area contributed by atoms with Crippen molar-refractivity contribution < 1.29 is 4.74 Å². The van der Waals surface area contributed by atoms with Gasteiger partial charge < -0.3 is 10.1 Å². The molecule has 0 aromatic rings. The van der Waals surface area contributed by atoms with Crippen LogP contribution < -0.4 is 5.32 Å². The Morgan fingerprint density at radius 3 is 2.56 bits per heavy atom. The summed E-state index contributed by atoms with van der Waals surface area (Å²) in [6, 6.07) is 0.478. The zero-order chi connectivity index (χ0) is 6.91. The van der Waals surface area contributed by atoms with E-state index in [4.69, 9.17) is 4.74 Å². The molecule has 0 aromatic carbocycles. The van der Waals surface area contributed by atoms with E-state index >= 15 is 0 Å². The largest absolute Gasteiger partial charge is 0.373 e. The fourth-order valence-corrected chi connectivity index (χ4v) is 0.960. The Kier molecular flexibility index (Phi) is 1.78. The summed E-state index contributed by atoms with van der Waals surface area (Å²) in [7, 11) is 0. The Hall–Kier alpha value is -0.0800. The first-order valence-corrected chi connectivity index (χ1v) is 3.50. The van der Waals surface area contributed by atoms with Gasteiger partial charge in [0, 0.05) is 12.6 Å². The molecule has 0 spiro atoms. The molecule has 1 unspecified atom stereocenters. The minimum atomic E-state index is 0.0260. The van der Waals surface area contributed by atoms with Gasteiger partial charge in [-0.25, -0.2) is 0 Å². The molecule has 1 N–H and O–H groups in total. The Balaban J connectivity index is 2.49. The monoisotopic (exact) mass is 129 g/mol. The van der Waals surface area contributed by atoms with Crippen LogP contribution in [0.5, 0.6) is 0 Å². The average Bonchev–Trinajstić information content (AvgIpc) is 1.77. The second-order valence-electron chi connectivity index (χ2n) is 3.13. The summed E-state index contributed by atoms with van der Waals surface area (Å²) >= 11 is 0. The van der Waals surface area contributed by atoms with Crippen molar-refractivity contribution in [1.82, 2.24) is 5.32 Å². The molecule has 9 heavy (non-hydrogen) atoms. The quantitative estimate of drug-likeness (QED) is 0.521. The second-order valence-corrected chi connectivity index (χ2v) is 3.13. The number of hydrogen-bond donors (Lipinski definition) is 1. The molecule has 54 valence electrons. The van der Waals surface area contributed by atoms with Gasteiger partial charge in [-0.1, -0.05) is 0 Å². The first-order chi connectivity index (χ1) is 4.13. The predicted molar refractivity (Wildman–Crippen MR) is 37.5 cm³/mol. The summed E-state index contributed by atoms with van der Waals surface area (Å²) in [6.45, 7) is 8.22. The average molecular weight is 129 g/mol. The van der Waals surface area contributed by atoms with Gasteiger partial charge in [0.2, 0.25) is 0 Å². The van der Waals surface area contributed by atoms with Crippen LogP contribution in [0, 0.1) is 0 Å². The topological polar surface area (TPSA) is 21.3 Å². The van der Waals surface area contributed by atoms with Gasteiger partial charge in [0.05, 0.1) is 12.2 Å². The molecular weight excluding hydrogens is 114 g/mol. The number of ether oxygens (including phenoxy) is 1. The fourth-order valence-electron chi connectivity index (χ4n) is 0.960. The van der Waals surface area contributed by atoms with Gasteiger partial charge in [-0.15, -0.1) is 0 Å². The van der Waals surface area contributed by atoms with Crippen molar-refractivity contribution in [3.63, 3.8) is 0 Å². The van der Waals surface area contributed by atoms with Crippen LogP contribution in [0.25, 0.3) is 0 Å². The maximum absolute atomic E-state index is 5.52. The summed E-state index contributed by atoms with van der Waals surface area (Å²) < 4.78 is 5.52. The highest BCUT2D eigenvalue weighted by molar-refractivity contribution is 4.84. The number of morpholine rings is 1. The molecule has 2 nitrogen and oxygen atoms in total. The molecule has 0 aliphatic carbocycles. The lowest BCUT2D eigenvalue weighted by atomic mass is 9.99. The van der Waals surface area contributed by atoms with Gasteiger partial charge in [0.1, 0.15) is 0 Å². The molecule has 1 rings (SSSR count). The number of hydrogen-bond acceptors (Lipinski definition) is 2. The minimum absolute atomic E-state index is 0.0260. The van der Waals surface area contributed by atoms with Crippen LogP contribution in [0.4, 0.5) is 0 Å². The minimum Gasteiger partial charge on any atom is -0.373 e. The van der Waals surface area contributed by atoms with Gasteiger partial charge in [0.25, 0.3) is 0 Å². The molecule has 0 aromatic heterocycles. The Labute approximate surface area is 56.6 Å². The van der Waals surface area contributed by atoms with E-state index in [1.54, 1.807) is 0 Å². The normalized spacial score (nSPS) is 34.3. The predicted octanol–water partition coefficient (Wildman–Crippen LogP) is 0.773. The summed E-state index contributed by atoms with van der Waals surface area (Å²) in [4.78, 5) is 0. The van der Waals surface area contributed by atoms with Crippen LogP contribution in [0.1, 0.15) is 20.8 Å². The van der Waals surface area contributed by atoms with Crippen molar-refractivity contribution in [2.45, 2.75) is 32.4 Å². The van der Waals surface area contributed by atoms with Crippen LogP contribution >= 0.6 is 0 Å². The lowest BCUT2D eigenvalue weighted by Gasteiger charge is -2.37. The Morgan fingerprint density at radius 2 is 2.22 bits per heavy atom. The SMILES string of the molecule is CC1NCCOC1(C)C. The number of nitrogens with one attached hydrogen (secondary N) is 1. The third-order valence-electron chi connectivity index (χ3n) is 2.07. The first-order valence-electron chi connectivity index (χ1n) is 3.50. The van der Waals surface area contributed by atoms with Gasteiger partial charge in [-0.05, 0) is 20.8 Å². The second kappa shape index (κ2) is 2.27. The maximum Gasteiger partial charge on any atom is 0.0776 e. The Morgan fingerprint density at radius 1 is 1.56 bits per heavy atom. The summed E-state index contributed by atoms with van der Waals surface area (Å²) in [5.41, 5.74) is 0.0260. The highest BCUT2D eigenvalue weighted by atomic mass is 16.5. The lowest BCUT2D eigenvalue weighted by molar-refractivity contribution is -0.0660. The van der Waals surface area contributed by atoms with Crippen LogP contribution in [0.15, 0.2) is 0 Å². The molecule has 0 saturated carbocycles. The van der Waals surface area contributed by atoms with Gasteiger partial charge in [-0.2, -0.15) is 0 Å². The van der Waals surface area contributed by atoms with Crippen LogP contribution in [-0.2, 0) is 4.74 Å². The third-order valence-corrected chi connectivity index (χ3v) is 2.07. The fraction of sp³-hybridized carbons (Fsp3) is 1.00. The zero-order valence-corrected chi connectivity index (χ0v) is 6.40. The zero-order valence-electron chi connectivity index (χ0n) is 6.40. The smallest absolute Gasteiger partial charge is 0.0776 e. The van der Waals surface area contributed by atoms with Gasteiger partial charge in [-0.3, -0.25) is 0 Å². The highest BCUT2D eigenvalue weighted by Crippen LogP contribution is 2.16. The van der Waals surface area contributed by atoms with E-state index in [-0.39, 0.29) is 5.60 Å². The molecule has 1 fully saturated rings. The van der Waals surface area contributed by atoms with E-state index in [1.807, 2.05) is 0 Å². The summed E-state index contributed by atoms with van der Waals surface area (Å²) in [5.74, 6) is 0.